The summed E-state index contributed by atoms with van der Waals surface area (Å²) in [5.41, 5.74) is 3.64. The van der Waals surface area contributed by atoms with Crippen LogP contribution in [0.3, 0.4) is 0 Å². The molecule has 0 bridgehead atoms. The molecule has 0 amide bonds. The molecule has 0 saturated heterocycles. The van der Waals surface area contributed by atoms with Gasteiger partial charge in [-0.3, -0.25) is 4.40 Å². The number of rotatable bonds is 6. The fraction of sp³-hybridized carbons (Fsp3) is 0. The van der Waals surface area contributed by atoms with Gasteiger partial charge < -0.3 is 4.57 Å². The van der Waals surface area contributed by atoms with Crippen molar-refractivity contribution in [3.05, 3.63) is 218 Å². The first-order valence-electron chi connectivity index (χ1n) is 20.5. The standard InChI is InChI=1S/C55H36N2OP2S/c58-59(44-26-23-37-13-7-9-16-40(37)33-44,45-27-24-38-14-8-10-17-41(38)34-45)46-29-32-52-51(35-46)56-55-54-48-22-12-11-15-39(48)25-30-50(54)49-31-28-47(36-53(49)57(52)55)60(61,42-18-3-1-4-19-42)43-20-5-2-6-21-43/h1-36H. The summed E-state index contributed by atoms with van der Waals surface area (Å²) in [5.74, 6) is 0. The highest BCUT2D eigenvalue weighted by molar-refractivity contribution is 8.25. The second kappa shape index (κ2) is 13.9. The van der Waals surface area contributed by atoms with E-state index >= 15 is 4.57 Å². The van der Waals surface area contributed by atoms with E-state index < -0.39 is 13.2 Å². The Morgan fingerprint density at radius 2 is 0.869 bits per heavy atom. The van der Waals surface area contributed by atoms with Crippen LogP contribution in [0, 0.1) is 0 Å². The van der Waals surface area contributed by atoms with Crippen LogP contribution >= 0.6 is 13.2 Å². The summed E-state index contributed by atoms with van der Waals surface area (Å²) in [6.07, 6.45) is 0. The van der Waals surface area contributed by atoms with E-state index in [1.54, 1.807) is 0 Å². The van der Waals surface area contributed by atoms with Crippen LogP contribution in [0.1, 0.15) is 0 Å². The van der Waals surface area contributed by atoms with E-state index in [9.17, 15) is 0 Å². The molecule has 2 aromatic heterocycles. The number of fused-ring (bicyclic) bond motifs is 12. The van der Waals surface area contributed by atoms with Crippen molar-refractivity contribution < 1.29 is 4.57 Å². The predicted molar refractivity (Wildman–Crippen MR) is 266 cm³/mol. The van der Waals surface area contributed by atoms with E-state index in [1.807, 2.05) is 36.4 Å². The van der Waals surface area contributed by atoms with Crippen LogP contribution in [-0.4, -0.2) is 9.38 Å². The Morgan fingerprint density at radius 1 is 0.377 bits per heavy atom. The first-order valence-corrected chi connectivity index (χ1v) is 25.0. The van der Waals surface area contributed by atoms with E-state index in [4.69, 9.17) is 16.8 Å². The number of pyridine rings is 1. The first kappa shape index (κ1) is 36.2. The molecule has 61 heavy (non-hydrogen) atoms. The van der Waals surface area contributed by atoms with Crippen molar-refractivity contribution in [2.75, 3.05) is 0 Å². The van der Waals surface area contributed by atoms with Gasteiger partial charge in [0.05, 0.1) is 16.6 Å². The van der Waals surface area contributed by atoms with E-state index in [2.05, 4.69) is 186 Å². The van der Waals surface area contributed by atoms with Gasteiger partial charge in [-0.2, -0.15) is 0 Å². The Balaban J connectivity index is 1.17. The van der Waals surface area contributed by atoms with Gasteiger partial charge >= 0.3 is 0 Å². The van der Waals surface area contributed by atoms with Crippen molar-refractivity contribution in [2.24, 2.45) is 0 Å². The molecule has 0 spiro atoms. The fourth-order valence-corrected chi connectivity index (χ4v) is 15.9. The second-order valence-electron chi connectivity index (χ2n) is 15.8. The summed E-state index contributed by atoms with van der Waals surface area (Å²) >= 11 is 6.89. The van der Waals surface area contributed by atoms with Crippen molar-refractivity contribution in [1.82, 2.24) is 9.38 Å². The van der Waals surface area contributed by atoms with Gasteiger partial charge in [0.2, 0.25) is 0 Å². The van der Waals surface area contributed by atoms with Gasteiger partial charge in [0, 0.05) is 32.7 Å². The van der Waals surface area contributed by atoms with Crippen LogP contribution in [-0.2, 0) is 16.4 Å². The van der Waals surface area contributed by atoms with Gasteiger partial charge in [-0.25, -0.2) is 4.98 Å². The lowest BCUT2D eigenvalue weighted by Gasteiger charge is -2.25. The summed E-state index contributed by atoms with van der Waals surface area (Å²) in [7, 11) is -3.42. The van der Waals surface area contributed by atoms with Crippen molar-refractivity contribution in [2.45, 2.75) is 0 Å². The minimum Gasteiger partial charge on any atom is -0.309 e. The number of nitrogens with zero attached hydrogens (tertiary/aromatic N) is 2. The maximum absolute atomic E-state index is 16.3. The van der Waals surface area contributed by atoms with Crippen LogP contribution in [0.2, 0.25) is 0 Å². The number of aromatic nitrogens is 2. The van der Waals surface area contributed by atoms with Gasteiger partial charge in [0.1, 0.15) is 5.65 Å². The van der Waals surface area contributed by atoms with Gasteiger partial charge in [-0.15, -0.1) is 0 Å². The highest BCUT2D eigenvalue weighted by atomic mass is 32.4. The smallest absolute Gasteiger partial charge is 0.171 e. The molecule has 0 unspecified atom stereocenters. The summed E-state index contributed by atoms with van der Waals surface area (Å²) in [5, 5.41) is 15.7. The molecule has 0 aliphatic carbocycles. The van der Waals surface area contributed by atoms with E-state index in [1.165, 1.54) is 0 Å². The van der Waals surface area contributed by atoms with Crippen LogP contribution in [0.25, 0.3) is 70.7 Å². The molecule has 0 N–H and O–H groups in total. The molecular weight excluding hydrogens is 799 g/mol. The lowest BCUT2D eigenvalue weighted by atomic mass is 9.99. The van der Waals surface area contributed by atoms with Crippen LogP contribution in [0.4, 0.5) is 0 Å². The summed E-state index contributed by atoms with van der Waals surface area (Å²) < 4.78 is 18.7. The van der Waals surface area contributed by atoms with Crippen LogP contribution < -0.4 is 31.8 Å². The lowest BCUT2D eigenvalue weighted by molar-refractivity contribution is 0.592. The molecular formula is C55H36N2OP2S. The quantitative estimate of drug-likeness (QED) is 0.124. The zero-order valence-electron chi connectivity index (χ0n) is 32.9. The maximum Gasteiger partial charge on any atom is 0.171 e. The number of benzene rings is 10. The van der Waals surface area contributed by atoms with E-state index in [0.29, 0.717) is 0 Å². The normalized spacial score (nSPS) is 12.4. The van der Waals surface area contributed by atoms with E-state index in [-0.39, 0.29) is 0 Å². The van der Waals surface area contributed by atoms with Gasteiger partial charge in [0.25, 0.3) is 0 Å². The third-order valence-electron chi connectivity index (χ3n) is 12.5. The van der Waals surface area contributed by atoms with Crippen LogP contribution in [0.15, 0.2) is 218 Å². The molecule has 0 fully saturated rings. The number of hydrogen-bond donors (Lipinski definition) is 0. The average Bonchev–Trinajstić information content (AvgIpc) is 3.72. The minimum absolute atomic E-state index is 0.747. The number of hydrogen-bond acceptors (Lipinski definition) is 3. The van der Waals surface area contributed by atoms with Gasteiger partial charge in [-0.05, 0) is 90.0 Å². The fourth-order valence-electron chi connectivity index (χ4n) is 9.46. The molecule has 0 aliphatic rings. The molecule has 0 saturated carbocycles. The molecule has 12 rings (SSSR count). The summed E-state index contributed by atoms with van der Waals surface area (Å²) in [6, 6.07) is 73.9. The zero-order valence-corrected chi connectivity index (χ0v) is 35.5. The minimum atomic E-state index is -3.42. The Hall–Kier alpha value is -6.67. The van der Waals surface area contributed by atoms with E-state index in [0.717, 1.165) is 103 Å². The Kier molecular flexibility index (Phi) is 8.28. The Morgan fingerprint density at radius 3 is 1.51 bits per heavy atom. The monoisotopic (exact) mass is 834 g/mol. The Bertz CT molecular complexity index is 3720. The molecule has 0 radical (unpaired) electrons. The molecule has 288 valence electrons. The SMILES string of the molecule is O=P(c1ccc2ccccc2c1)(c1ccc2ccccc2c1)c1ccc2c(c1)nc1c3c4ccccc4ccc3c3ccc(P(=S)(c4ccccc4)c4ccccc4)cc3n21. The van der Waals surface area contributed by atoms with Gasteiger partial charge in [-0.1, -0.05) is 194 Å². The molecule has 6 heteroatoms. The van der Waals surface area contributed by atoms with Gasteiger partial charge in [0.15, 0.2) is 7.14 Å². The molecule has 12 aromatic rings. The molecule has 3 nitrogen and oxygen atoms in total. The largest absolute Gasteiger partial charge is 0.309 e. The van der Waals surface area contributed by atoms with Crippen LogP contribution in [0.5, 0.6) is 0 Å². The van der Waals surface area contributed by atoms with Crippen molar-refractivity contribution in [3.63, 3.8) is 0 Å². The topological polar surface area (TPSA) is 34.4 Å². The lowest BCUT2D eigenvalue weighted by Crippen LogP contribution is -2.25. The maximum atomic E-state index is 16.3. The molecule has 10 aromatic carbocycles. The second-order valence-corrected chi connectivity index (χ2v) is 23.0. The summed E-state index contributed by atoms with van der Waals surface area (Å²) in [6.45, 7) is 0. The third kappa shape index (κ3) is 5.54. The zero-order chi connectivity index (χ0) is 40.7. The highest BCUT2D eigenvalue weighted by Gasteiger charge is 2.32. The van der Waals surface area contributed by atoms with Crippen molar-refractivity contribution >= 4 is 127 Å². The molecule has 0 aliphatic heterocycles. The third-order valence-corrected chi connectivity index (χ3v) is 20.4. The molecule has 0 atom stereocenters. The first-order chi connectivity index (χ1) is 30.0. The van der Waals surface area contributed by atoms with Crippen molar-refractivity contribution in [3.8, 4) is 0 Å². The Labute approximate surface area is 357 Å². The summed E-state index contributed by atoms with van der Waals surface area (Å²) in [4.78, 5) is 5.54. The van der Waals surface area contributed by atoms with Crippen molar-refractivity contribution in [1.29, 1.82) is 0 Å². The predicted octanol–water partition coefficient (Wildman–Crippen LogP) is 11.6. The number of imidazole rings is 1. The highest BCUT2D eigenvalue weighted by Crippen LogP contribution is 2.47. The molecule has 2 heterocycles. The average molecular weight is 835 g/mol.